The summed E-state index contributed by atoms with van der Waals surface area (Å²) in [6.07, 6.45) is 2.48. The highest BCUT2D eigenvalue weighted by Gasteiger charge is 2.23. The number of methoxy groups -OCH3 is 1. The van der Waals surface area contributed by atoms with Crippen molar-refractivity contribution in [3.05, 3.63) is 26.6 Å². The van der Waals surface area contributed by atoms with E-state index in [9.17, 15) is 9.59 Å². The van der Waals surface area contributed by atoms with Crippen LogP contribution in [-0.2, 0) is 16.0 Å². The maximum absolute atomic E-state index is 12.6. The Morgan fingerprint density at radius 3 is 2.96 bits per heavy atom. The van der Waals surface area contributed by atoms with Crippen LogP contribution in [0.5, 0.6) is 0 Å². The van der Waals surface area contributed by atoms with Crippen molar-refractivity contribution in [1.82, 2.24) is 9.97 Å². The lowest BCUT2D eigenvalue weighted by Crippen LogP contribution is -3.12. The molecule has 0 bridgehead atoms. The minimum Gasteiger partial charge on any atom is -0.459 e. The molecule has 2 N–H and O–H groups in total. The molecule has 2 aromatic heterocycles. The number of fused-ring (bicyclic) bond motifs is 1. The molecule has 26 heavy (non-hydrogen) atoms. The summed E-state index contributed by atoms with van der Waals surface area (Å²) in [6, 6.07) is 0. The molecule has 8 heteroatoms. The van der Waals surface area contributed by atoms with E-state index in [0.29, 0.717) is 45.6 Å². The van der Waals surface area contributed by atoms with E-state index in [1.807, 2.05) is 0 Å². The zero-order valence-corrected chi connectivity index (χ0v) is 16.3. The van der Waals surface area contributed by atoms with Gasteiger partial charge in [-0.15, -0.1) is 11.3 Å². The number of aromatic amines is 1. The summed E-state index contributed by atoms with van der Waals surface area (Å²) >= 11 is 1.23. The molecule has 0 amide bonds. The molecule has 0 spiro atoms. The Bertz CT molecular complexity index is 845. The third kappa shape index (κ3) is 4.13. The van der Waals surface area contributed by atoms with Crippen LogP contribution in [0.15, 0.2) is 4.79 Å². The summed E-state index contributed by atoms with van der Waals surface area (Å²) in [4.78, 5) is 34.8. The van der Waals surface area contributed by atoms with Gasteiger partial charge < -0.3 is 19.4 Å². The van der Waals surface area contributed by atoms with Gasteiger partial charge in [0.25, 0.3) is 5.56 Å². The monoisotopic (exact) mass is 380 g/mol. The Morgan fingerprint density at radius 2 is 2.23 bits per heavy atom. The molecule has 1 aliphatic heterocycles. The summed E-state index contributed by atoms with van der Waals surface area (Å²) in [5.41, 5.74) is 0.450. The van der Waals surface area contributed by atoms with Gasteiger partial charge in [-0.25, -0.2) is 9.78 Å². The summed E-state index contributed by atoms with van der Waals surface area (Å²) in [6.45, 7) is 7.47. The van der Waals surface area contributed by atoms with Crippen LogP contribution in [0.4, 0.5) is 0 Å². The zero-order chi connectivity index (χ0) is 18.7. The number of carbonyl (C=O) groups excluding carboxylic acids is 1. The highest BCUT2D eigenvalue weighted by Crippen LogP contribution is 2.27. The van der Waals surface area contributed by atoms with Gasteiger partial charge in [0.05, 0.1) is 25.1 Å². The summed E-state index contributed by atoms with van der Waals surface area (Å²) < 4.78 is 10.1. The minimum absolute atomic E-state index is 0.181. The molecule has 3 rings (SSSR count). The van der Waals surface area contributed by atoms with Gasteiger partial charge in [-0.2, -0.15) is 0 Å². The van der Waals surface area contributed by atoms with Crippen molar-refractivity contribution in [2.24, 2.45) is 5.92 Å². The molecule has 7 nitrogen and oxygen atoms in total. The highest BCUT2D eigenvalue weighted by molar-refractivity contribution is 7.20. The van der Waals surface area contributed by atoms with Crippen LogP contribution in [0.25, 0.3) is 10.2 Å². The van der Waals surface area contributed by atoms with Crippen molar-refractivity contribution in [3.63, 3.8) is 0 Å². The zero-order valence-electron chi connectivity index (χ0n) is 15.5. The second-order valence-electron chi connectivity index (χ2n) is 7.01. The molecule has 142 valence electrons. The number of hydrogen-bond acceptors (Lipinski definition) is 6. The number of likely N-dealkylation sites (tertiary alicyclic amines) is 1. The topological polar surface area (TPSA) is 85.7 Å². The molecule has 1 saturated heterocycles. The Balaban J connectivity index is 1.84. The van der Waals surface area contributed by atoms with Crippen molar-refractivity contribution in [1.29, 1.82) is 0 Å². The van der Waals surface area contributed by atoms with Gasteiger partial charge >= 0.3 is 5.97 Å². The maximum atomic E-state index is 12.6. The van der Waals surface area contributed by atoms with Gasteiger partial charge in [0, 0.05) is 13.0 Å². The van der Waals surface area contributed by atoms with E-state index >= 15 is 0 Å². The molecule has 3 heterocycles. The number of aromatic nitrogens is 2. The van der Waals surface area contributed by atoms with Crippen LogP contribution in [-0.4, -0.2) is 49.4 Å². The lowest BCUT2D eigenvalue weighted by Gasteiger charge is -2.27. The second kappa shape index (κ2) is 8.28. The average molecular weight is 380 g/mol. The van der Waals surface area contributed by atoms with E-state index in [0.717, 1.165) is 13.1 Å². The van der Waals surface area contributed by atoms with Gasteiger partial charge in [-0.3, -0.25) is 4.79 Å². The van der Waals surface area contributed by atoms with Gasteiger partial charge in [-0.05, 0) is 25.3 Å². The molecule has 0 radical (unpaired) electrons. The van der Waals surface area contributed by atoms with Crippen LogP contribution in [0.1, 0.15) is 40.8 Å². The number of H-pyrrole nitrogens is 1. The number of esters is 1. The van der Waals surface area contributed by atoms with Crippen LogP contribution < -0.4 is 10.5 Å². The number of piperidine rings is 1. The van der Waals surface area contributed by atoms with Crippen LogP contribution in [0.2, 0.25) is 0 Å². The highest BCUT2D eigenvalue weighted by atomic mass is 32.1. The van der Waals surface area contributed by atoms with E-state index in [1.54, 1.807) is 14.0 Å². The van der Waals surface area contributed by atoms with E-state index in [1.165, 1.54) is 29.1 Å². The van der Waals surface area contributed by atoms with Gasteiger partial charge in [0.2, 0.25) is 0 Å². The van der Waals surface area contributed by atoms with E-state index in [-0.39, 0.29) is 12.2 Å². The van der Waals surface area contributed by atoms with Gasteiger partial charge in [-0.1, -0.05) is 6.92 Å². The van der Waals surface area contributed by atoms with E-state index < -0.39 is 5.97 Å². The second-order valence-corrected chi connectivity index (χ2v) is 8.01. The summed E-state index contributed by atoms with van der Waals surface area (Å²) in [5, 5.41) is 0.486. The smallest absolute Gasteiger partial charge is 0.348 e. The predicted molar refractivity (Wildman–Crippen MR) is 99.9 cm³/mol. The number of nitrogens with zero attached hydrogens (tertiary/aromatic N) is 1. The molecule has 1 unspecified atom stereocenters. The fourth-order valence-electron chi connectivity index (χ4n) is 3.54. The standard InChI is InChI=1S/C18H25N3O4S/c1-11-5-4-6-21(9-11)10-13-19-16(22)14-12(2)15(26-17(14)20-13)18(23)25-8-7-24-3/h11H,4-10H2,1-3H3,(H,19,20,22)/p+1/t11-/m0/s1. The minimum atomic E-state index is -0.431. The Morgan fingerprint density at radius 1 is 1.42 bits per heavy atom. The first-order valence-corrected chi connectivity index (χ1v) is 9.83. The first-order chi connectivity index (χ1) is 12.5. The number of hydrogen-bond donors (Lipinski definition) is 2. The Hall–Kier alpha value is -1.77. The third-order valence-corrected chi connectivity index (χ3v) is 6.00. The van der Waals surface area contributed by atoms with Crippen molar-refractivity contribution in [3.8, 4) is 0 Å². The average Bonchev–Trinajstić information content (AvgIpc) is 2.92. The van der Waals surface area contributed by atoms with E-state index in [2.05, 4.69) is 16.9 Å². The van der Waals surface area contributed by atoms with Gasteiger partial charge in [0.15, 0.2) is 5.82 Å². The summed E-state index contributed by atoms with van der Waals surface area (Å²) in [5.74, 6) is 0.956. The number of rotatable bonds is 6. The van der Waals surface area contributed by atoms with Crippen LogP contribution in [0, 0.1) is 12.8 Å². The number of quaternary nitrogens is 1. The molecule has 0 aliphatic carbocycles. The Kier molecular flexibility index (Phi) is 6.05. The molecule has 0 aromatic carbocycles. The first-order valence-electron chi connectivity index (χ1n) is 9.01. The van der Waals surface area contributed by atoms with Crippen LogP contribution >= 0.6 is 11.3 Å². The van der Waals surface area contributed by atoms with Crippen molar-refractivity contribution >= 4 is 27.5 Å². The number of carbonyl (C=O) groups is 1. The molecule has 1 fully saturated rings. The van der Waals surface area contributed by atoms with Crippen molar-refractivity contribution < 1.29 is 19.2 Å². The number of ether oxygens (including phenoxy) is 2. The molecular weight excluding hydrogens is 354 g/mol. The fraction of sp³-hybridized carbons (Fsp3) is 0.611. The lowest BCUT2D eigenvalue weighted by molar-refractivity contribution is -0.922. The molecule has 2 atom stereocenters. The largest absolute Gasteiger partial charge is 0.459 e. The quantitative estimate of drug-likeness (QED) is 0.575. The van der Waals surface area contributed by atoms with E-state index in [4.69, 9.17) is 9.47 Å². The Labute approximate surface area is 156 Å². The number of thiophene rings is 1. The molecule has 1 aliphatic rings. The lowest BCUT2D eigenvalue weighted by atomic mass is 10.0. The van der Waals surface area contributed by atoms with Crippen LogP contribution in [0.3, 0.4) is 0 Å². The fourth-order valence-corrected chi connectivity index (χ4v) is 4.64. The predicted octanol–water partition coefficient (Wildman–Crippen LogP) is 0.911. The third-order valence-electron chi connectivity index (χ3n) is 4.84. The number of aryl methyl sites for hydroxylation is 1. The van der Waals surface area contributed by atoms with Crippen molar-refractivity contribution in [2.75, 3.05) is 33.4 Å². The number of nitrogens with one attached hydrogen (secondary N) is 2. The molecular formula is C18H26N3O4S+. The SMILES string of the molecule is COCCOC(=O)c1sc2nc(C[NH+]3CCC[C@H](C)C3)[nH]c(=O)c2c1C. The maximum Gasteiger partial charge on any atom is 0.348 e. The van der Waals surface area contributed by atoms with Crippen molar-refractivity contribution in [2.45, 2.75) is 33.2 Å². The van der Waals surface area contributed by atoms with Gasteiger partial charge in [0.1, 0.15) is 22.9 Å². The summed E-state index contributed by atoms with van der Waals surface area (Å²) in [7, 11) is 1.55. The molecule has 0 saturated carbocycles. The molecule has 2 aromatic rings. The first kappa shape index (κ1) is 19.0. The normalized spacial score (nSPS) is 20.4.